The molecule has 21 heavy (non-hydrogen) atoms. The van der Waals surface area contributed by atoms with Gasteiger partial charge in [-0.05, 0) is 11.5 Å². The van der Waals surface area contributed by atoms with Crippen LogP contribution in [0.1, 0.15) is 5.56 Å². The van der Waals surface area contributed by atoms with E-state index < -0.39 is 6.03 Å². The second-order valence-corrected chi connectivity index (χ2v) is 4.96. The number of rotatable bonds is 4. The number of hydrogen-bond acceptors (Lipinski definition) is 6. The normalized spacial score (nSPS) is 10.2. The van der Waals surface area contributed by atoms with E-state index in [-0.39, 0.29) is 11.4 Å². The van der Waals surface area contributed by atoms with Crippen molar-refractivity contribution in [1.82, 2.24) is 18.8 Å². The fraction of sp³-hybridized carbons (Fsp3) is 0.333. The van der Waals surface area contributed by atoms with Crippen molar-refractivity contribution in [3.05, 3.63) is 33.7 Å². The maximum Gasteiger partial charge on any atom is 0.323 e. The van der Waals surface area contributed by atoms with Crippen LogP contribution in [0.2, 0.25) is 0 Å². The van der Waals surface area contributed by atoms with Gasteiger partial charge < -0.3 is 14.2 Å². The molecule has 0 spiro atoms. The maximum atomic E-state index is 12.1. The van der Waals surface area contributed by atoms with E-state index in [1.165, 1.54) is 40.5 Å². The van der Waals surface area contributed by atoms with Crippen molar-refractivity contribution in [1.29, 1.82) is 0 Å². The average molecular weight is 309 g/mol. The third kappa shape index (κ3) is 3.37. The first-order valence-electron chi connectivity index (χ1n) is 6.04. The first-order valence-corrected chi connectivity index (χ1v) is 6.87. The largest absolute Gasteiger partial charge is 0.480 e. The smallest absolute Gasteiger partial charge is 0.323 e. The van der Waals surface area contributed by atoms with E-state index in [1.54, 1.807) is 14.1 Å². The highest BCUT2D eigenvalue weighted by Crippen LogP contribution is 2.19. The molecule has 0 saturated carbocycles. The molecule has 0 bridgehead atoms. The first kappa shape index (κ1) is 15.0. The first-order chi connectivity index (χ1) is 10.0. The average Bonchev–Trinajstić information content (AvgIpc) is 2.91. The predicted molar refractivity (Wildman–Crippen MR) is 78.6 cm³/mol. The molecule has 1 N–H and O–H groups in total. The molecule has 0 radical (unpaired) electrons. The van der Waals surface area contributed by atoms with Crippen LogP contribution < -0.4 is 15.6 Å². The van der Waals surface area contributed by atoms with Gasteiger partial charge >= 0.3 is 6.03 Å². The molecule has 0 atom stereocenters. The van der Waals surface area contributed by atoms with Crippen LogP contribution in [-0.4, -0.2) is 39.0 Å². The molecule has 9 heteroatoms. The van der Waals surface area contributed by atoms with Crippen LogP contribution in [0.4, 0.5) is 10.6 Å². The third-order valence-electron chi connectivity index (χ3n) is 2.80. The predicted octanol–water partition coefficient (Wildman–Crippen LogP) is 0.909. The summed E-state index contributed by atoms with van der Waals surface area (Å²) in [6, 6.07) is -0.431. The molecular weight excluding hydrogens is 294 g/mol. The minimum atomic E-state index is -0.431. The SMILES string of the molecule is COc1nscc1CN(C)C(=O)Nc1nccn(C)c1=O. The zero-order valence-electron chi connectivity index (χ0n) is 11.9. The highest BCUT2D eigenvalue weighted by atomic mass is 32.1. The summed E-state index contributed by atoms with van der Waals surface area (Å²) in [5, 5.41) is 4.29. The molecule has 0 aliphatic carbocycles. The molecule has 8 nitrogen and oxygen atoms in total. The van der Waals surface area contributed by atoms with Gasteiger partial charge in [0.1, 0.15) is 0 Å². The Morgan fingerprint density at radius 2 is 2.33 bits per heavy atom. The van der Waals surface area contributed by atoms with Crippen molar-refractivity contribution in [2.24, 2.45) is 7.05 Å². The van der Waals surface area contributed by atoms with Crippen LogP contribution in [-0.2, 0) is 13.6 Å². The summed E-state index contributed by atoms with van der Waals surface area (Å²) in [7, 11) is 4.72. The van der Waals surface area contributed by atoms with Crippen molar-refractivity contribution in [2.75, 3.05) is 19.5 Å². The van der Waals surface area contributed by atoms with Crippen LogP contribution in [0.15, 0.2) is 22.6 Å². The molecule has 0 fully saturated rings. The minimum absolute atomic E-state index is 0.00717. The number of urea groups is 1. The number of hydrogen-bond donors (Lipinski definition) is 1. The van der Waals surface area contributed by atoms with Gasteiger partial charge in [0, 0.05) is 37.4 Å². The Hall–Kier alpha value is -2.42. The Morgan fingerprint density at radius 1 is 1.57 bits per heavy atom. The summed E-state index contributed by atoms with van der Waals surface area (Å²) in [6.45, 7) is 0.318. The van der Waals surface area contributed by atoms with Gasteiger partial charge in [-0.2, -0.15) is 4.37 Å². The van der Waals surface area contributed by atoms with Crippen LogP contribution in [0.25, 0.3) is 0 Å². The van der Waals surface area contributed by atoms with Gasteiger partial charge in [0.15, 0.2) is 0 Å². The molecule has 0 aliphatic rings. The molecule has 0 aliphatic heterocycles. The fourth-order valence-corrected chi connectivity index (χ4v) is 2.27. The summed E-state index contributed by atoms with van der Waals surface area (Å²) >= 11 is 1.25. The van der Waals surface area contributed by atoms with Crippen LogP contribution in [0, 0.1) is 0 Å². The van der Waals surface area contributed by atoms with Crippen molar-refractivity contribution in [3.8, 4) is 5.88 Å². The number of methoxy groups -OCH3 is 1. The Labute approximate surface area is 125 Å². The van der Waals surface area contributed by atoms with Gasteiger partial charge in [0.25, 0.3) is 5.56 Å². The molecule has 112 valence electrons. The van der Waals surface area contributed by atoms with Crippen LogP contribution in [0.3, 0.4) is 0 Å². The Morgan fingerprint density at radius 3 is 3.05 bits per heavy atom. The van der Waals surface area contributed by atoms with Crippen molar-refractivity contribution in [2.45, 2.75) is 6.54 Å². The van der Waals surface area contributed by atoms with Gasteiger partial charge in [-0.1, -0.05) is 0 Å². The molecule has 0 unspecified atom stereocenters. The quantitative estimate of drug-likeness (QED) is 0.906. The zero-order valence-corrected chi connectivity index (χ0v) is 12.7. The van der Waals surface area contributed by atoms with Crippen molar-refractivity contribution >= 4 is 23.4 Å². The molecule has 2 aromatic heterocycles. The summed E-state index contributed by atoms with van der Waals surface area (Å²) in [5.41, 5.74) is 0.433. The highest BCUT2D eigenvalue weighted by molar-refractivity contribution is 7.03. The van der Waals surface area contributed by atoms with E-state index in [0.717, 1.165) is 5.56 Å². The van der Waals surface area contributed by atoms with E-state index in [1.807, 2.05) is 5.38 Å². The summed E-state index contributed by atoms with van der Waals surface area (Å²) in [4.78, 5) is 29.1. The molecule has 2 amide bonds. The monoisotopic (exact) mass is 309 g/mol. The molecule has 0 aromatic carbocycles. The van der Waals surface area contributed by atoms with Gasteiger partial charge in [0.05, 0.1) is 13.7 Å². The number of anilines is 1. The second-order valence-electron chi connectivity index (χ2n) is 4.33. The number of nitrogens with one attached hydrogen (secondary N) is 1. The summed E-state index contributed by atoms with van der Waals surface area (Å²) in [5.74, 6) is 0.487. The lowest BCUT2D eigenvalue weighted by Crippen LogP contribution is -2.34. The molecule has 2 aromatic rings. The van der Waals surface area contributed by atoms with Crippen LogP contribution in [0.5, 0.6) is 5.88 Å². The van der Waals surface area contributed by atoms with E-state index in [9.17, 15) is 9.59 Å². The Balaban J connectivity index is 2.06. The lowest BCUT2D eigenvalue weighted by atomic mass is 10.3. The van der Waals surface area contributed by atoms with Crippen molar-refractivity contribution < 1.29 is 9.53 Å². The molecule has 2 heterocycles. The highest BCUT2D eigenvalue weighted by Gasteiger charge is 2.15. The number of nitrogens with zero attached hydrogens (tertiary/aromatic N) is 4. The number of carbonyl (C=O) groups is 1. The number of aryl methyl sites for hydroxylation is 1. The third-order valence-corrected chi connectivity index (χ3v) is 3.46. The lowest BCUT2D eigenvalue weighted by Gasteiger charge is -2.17. The van der Waals surface area contributed by atoms with Crippen molar-refractivity contribution in [3.63, 3.8) is 0 Å². The van der Waals surface area contributed by atoms with Gasteiger partial charge in [0.2, 0.25) is 11.7 Å². The summed E-state index contributed by atoms with van der Waals surface area (Å²) in [6.07, 6.45) is 2.96. The Kier molecular flexibility index (Phi) is 4.53. The molecular formula is C12H15N5O3S. The lowest BCUT2D eigenvalue weighted by molar-refractivity contribution is 0.220. The van der Waals surface area contributed by atoms with E-state index in [0.29, 0.717) is 12.4 Å². The number of aromatic nitrogens is 3. The van der Waals surface area contributed by atoms with Gasteiger partial charge in [-0.25, -0.2) is 9.78 Å². The maximum absolute atomic E-state index is 12.1. The Bertz CT molecular complexity index is 696. The molecule has 0 saturated heterocycles. The van der Waals surface area contributed by atoms with Gasteiger partial charge in [-0.15, -0.1) is 0 Å². The fourth-order valence-electron chi connectivity index (χ4n) is 1.63. The van der Waals surface area contributed by atoms with E-state index in [4.69, 9.17) is 4.74 Å². The number of carbonyl (C=O) groups excluding carboxylic acids is 1. The second kappa shape index (κ2) is 6.35. The summed E-state index contributed by atoms with van der Waals surface area (Å²) < 4.78 is 10.5. The van der Waals surface area contributed by atoms with Gasteiger partial charge in [-0.3, -0.25) is 10.1 Å². The van der Waals surface area contributed by atoms with Crippen LogP contribution >= 0.6 is 11.5 Å². The zero-order chi connectivity index (χ0) is 15.4. The number of ether oxygens (including phenoxy) is 1. The molecule has 2 rings (SSSR count). The topological polar surface area (TPSA) is 89.3 Å². The number of amides is 2. The van der Waals surface area contributed by atoms with E-state index >= 15 is 0 Å². The van der Waals surface area contributed by atoms with E-state index in [2.05, 4.69) is 14.7 Å². The minimum Gasteiger partial charge on any atom is -0.480 e. The standard InChI is InChI=1S/C12H15N5O3S/c1-16-5-4-13-9(11(16)18)14-12(19)17(2)6-8-7-21-15-10(8)20-3/h4-5,7H,6H2,1-3H3,(H,13,14,19).